The number of hydrogen-bond donors (Lipinski definition) is 1. The van der Waals surface area contributed by atoms with Crippen LogP contribution in [0.2, 0.25) is 0 Å². The average Bonchev–Trinajstić information content (AvgIpc) is 3.48. The number of imidazole rings is 1. The van der Waals surface area contributed by atoms with Crippen molar-refractivity contribution in [1.82, 2.24) is 29.4 Å². The molecule has 0 saturated heterocycles. The van der Waals surface area contributed by atoms with Crippen LogP contribution in [0.1, 0.15) is 24.4 Å². The standard InChI is InChI=1S/C21H19N7S/c1-14(16-3-5-18(6-4-16)27-11-10-22-15(27)2)23-19-7-8-20-24-25-21(28(20)26-19)17-9-12-29-13-17/h3-14H,1-2H3,(H,23,26). The summed E-state index contributed by atoms with van der Waals surface area (Å²) >= 11 is 1.63. The number of aryl methyl sites for hydroxylation is 1. The molecule has 1 atom stereocenters. The lowest BCUT2D eigenvalue weighted by Gasteiger charge is -2.16. The van der Waals surface area contributed by atoms with Crippen LogP contribution < -0.4 is 5.32 Å². The van der Waals surface area contributed by atoms with Crippen molar-refractivity contribution in [3.63, 3.8) is 0 Å². The van der Waals surface area contributed by atoms with Crippen LogP contribution in [0.25, 0.3) is 22.7 Å². The molecule has 1 unspecified atom stereocenters. The Morgan fingerprint density at radius 2 is 1.90 bits per heavy atom. The molecule has 0 radical (unpaired) electrons. The van der Waals surface area contributed by atoms with Gasteiger partial charge in [-0.1, -0.05) is 12.1 Å². The van der Waals surface area contributed by atoms with Gasteiger partial charge in [0.2, 0.25) is 0 Å². The monoisotopic (exact) mass is 401 g/mol. The van der Waals surface area contributed by atoms with Crippen LogP contribution >= 0.6 is 11.3 Å². The van der Waals surface area contributed by atoms with Crippen LogP contribution in [-0.2, 0) is 0 Å². The van der Waals surface area contributed by atoms with E-state index in [1.807, 2.05) is 48.3 Å². The maximum Gasteiger partial charge on any atom is 0.186 e. The van der Waals surface area contributed by atoms with Crippen molar-refractivity contribution in [2.24, 2.45) is 0 Å². The van der Waals surface area contributed by atoms with E-state index in [4.69, 9.17) is 5.10 Å². The van der Waals surface area contributed by atoms with Crippen molar-refractivity contribution in [1.29, 1.82) is 0 Å². The third-order valence-corrected chi connectivity index (χ3v) is 5.59. The topological polar surface area (TPSA) is 72.9 Å². The zero-order chi connectivity index (χ0) is 19.8. The molecule has 1 N–H and O–H groups in total. The summed E-state index contributed by atoms with van der Waals surface area (Å²) in [6, 6.07) is 14.4. The Labute approximate surface area is 171 Å². The van der Waals surface area contributed by atoms with Gasteiger partial charge in [0.25, 0.3) is 0 Å². The molecule has 4 heterocycles. The molecule has 5 aromatic rings. The van der Waals surface area contributed by atoms with Crippen molar-refractivity contribution >= 4 is 22.8 Å². The van der Waals surface area contributed by atoms with Crippen molar-refractivity contribution in [2.75, 3.05) is 5.32 Å². The van der Waals surface area contributed by atoms with Crippen molar-refractivity contribution in [3.05, 3.63) is 77.0 Å². The highest BCUT2D eigenvalue weighted by molar-refractivity contribution is 7.08. The number of anilines is 1. The van der Waals surface area contributed by atoms with Crippen molar-refractivity contribution < 1.29 is 0 Å². The van der Waals surface area contributed by atoms with Crippen LogP contribution in [0.4, 0.5) is 5.82 Å². The molecule has 0 bridgehead atoms. The molecule has 0 aliphatic carbocycles. The number of nitrogens with zero attached hydrogens (tertiary/aromatic N) is 6. The van der Waals surface area contributed by atoms with E-state index in [1.165, 1.54) is 5.56 Å². The molecule has 7 nitrogen and oxygen atoms in total. The number of nitrogens with one attached hydrogen (secondary N) is 1. The lowest BCUT2D eigenvalue weighted by Crippen LogP contribution is -2.10. The number of rotatable bonds is 5. The summed E-state index contributed by atoms with van der Waals surface area (Å²) in [5.41, 5.74) is 4.02. The summed E-state index contributed by atoms with van der Waals surface area (Å²) < 4.78 is 3.84. The largest absolute Gasteiger partial charge is 0.362 e. The van der Waals surface area contributed by atoms with Gasteiger partial charge in [-0.25, -0.2) is 4.98 Å². The summed E-state index contributed by atoms with van der Waals surface area (Å²) in [7, 11) is 0. The van der Waals surface area contributed by atoms with Gasteiger partial charge in [0.15, 0.2) is 11.5 Å². The molecular formula is C21H19N7S. The second-order valence-electron chi connectivity index (χ2n) is 6.83. The minimum atomic E-state index is 0.0963. The van der Waals surface area contributed by atoms with Crippen LogP contribution in [0.15, 0.2) is 65.6 Å². The molecule has 8 heteroatoms. The molecule has 0 saturated carbocycles. The number of benzene rings is 1. The van der Waals surface area contributed by atoms with Crippen LogP contribution in [0.3, 0.4) is 0 Å². The molecule has 4 aromatic heterocycles. The van der Waals surface area contributed by atoms with Crippen LogP contribution in [0.5, 0.6) is 0 Å². The molecule has 0 amide bonds. The molecule has 1 aromatic carbocycles. The first-order valence-corrected chi connectivity index (χ1v) is 10.3. The minimum absolute atomic E-state index is 0.0963. The smallest absolute Gasteiger partial charge is 0.186 e. The Morgan fingerprint density at radius 1 is 1.03 bits per heavy atom. The van der Waals surface area contributed by atoms with Gasteiger partial charge in [-0.2, -0.15) is 15.9 Å². The first-order valence-electron chi connectivity index (χ1n) is 9.31. The highest BCUT2D eigenvalue weighted by Crippen LogP contribution is 2.23. The SMILES string of the molecule is Cc1nccn1-c1ccc(C(C)Nc2ccc3nnc(-c4ccsc4)n3n2)cc1. The van der Waals surface area contributed by atoms with Gasteiger partial charge >= 0.3 is 0 Å². The normalized spacial score (nSPS) is 12.3. The fraction of sp³-hybridized carbons (Fsp3) is 0.143. The van der Waals surface area contributed by atoms with E-state index in [0.29, 0.717) is 0 Å². The van der Waals surface area contributed by atoms with Gasteiger partial charge in [0.05, 0.1) is 0 Å². The van der Waals surface area contributed by atoms with E-state index in [0.717, 1.165) is 34.4 Å². The molecule has 0 aliphatic rings. The summed E-state index contributed by atoms with van der Waals surface area (Å²) in [6.45, 7) is 4.12. The van der Waals surface area contributed by atoms with Gasteiger partial charge in [0.1, 0.15) is 11.6 Å². The van der Waals surface area contributed by atoms with E-state index in [1.54, 1.807) is 15.9 Å². The molecule has 0 aliphatic heterocycles. The Balaban J connectivity index is 1.39. The molecule has 29 heavy (non-hydrogen) atoms. The molecule has 5 rings (SSSR count). The van der Waals surface area contributed by atoms with E-state index < -0.39 is 0 Å². The minimum Gasteiger partial charge on any atom is -0.362 e. The molecule has 144 valence electrons. The van der Waals surface area contributed by atoms with E-state index in [-0.39, 0.29) is 6.04 Å². The third-order valence-electron chi connectivity index (χ3n) is 4.90. The summed E-state index contributed by atoms with van der Waals surface area (Å²) in [4.78, 5) is 4.28. The lowest BCUT2D eigenvalue weighted by molar-refractivity contribution is 0.845. The summed E-state index contributed by atoms with van der Waals surface area (Å²) in [5.74, 6) is 2.49. The fourth-order valence-electron chi connectivity index (χ4n) is 3.32. The van der Waals surface area contributed by atoms with Gasteiger partial charge in [-0.3, -0.25) is 0 Å². The fourth-order valence-corrected chi connectivity index (χ4v) is 3.95. The maximum absolute atomic E-state index is 4.70. The number of fused-ring (bicyclic) bond motifs is 1. The number of thiophene rings is 1. The first kappa shape index (κ1) is 17.6. The highest BCUT2D eigenvalue weighted by atomic mass is 32.1. The molecule has 0 fully saturated rings. The summed E-state index contributed by atoms with van der Waals surface area (Å²) in [5, 5.41) is 20.7. The van der Waals surface area contributed by atoms with Crippen LogP contribution in [0, 0.1) is 6.92 Å². The second-order valence-corrected chi connectivity index (χ2v) is 7.61. The van der Waals surface area contributed by atoms with E-state index >= 15 is 0 Å². The number of hydrogen-bond acceptors (Lipinski definition) is 6. The zero-order valence-corrected chi connectivity index (χ0v) is 16.8. The maximum atomic E-state index is 4.70. The predicted molar refractivity (Wildman–Crippen MR) is 114 cm³/mol. The zero-order valence-electron chi connectivity index (χ0n) is 16.0. The van der Waals surface area contributed by atoms with E-state index in [9.17, 15) is 0 Å². The molecular weight excluding hydrogens is 382 g/mol. The average molecular weight is 401 g/mol. The second kappa shape index (κ2) is 7.14. The quantitative estimate of drug-likeness (QED) is 0.469. The van der Waals surface area contributed by atoms with Crippen molar-refractivity contribution in [2.45, 2.75) is 19.9 Å². The highest BCUT2D eigenvalue weighted by Gasteiger charge is 2.12. The van der Waals surface area contributed by atoms with Crippen molar-refractivity contribution in [3.8, 4) is 17.1 Å². The molecule has 0 spiro atoms. The number of aromatic nitrogens is 6. The lowest BCUT2D eigenvalue weighted by atomic mass is 10.1. The Bertz CT molecular complexity index is 1250. The Kier molecular flexibility index (Phi) is 4.33. The Hall–Kier alpha value is -3.52. The van der Waals surface area contributed by atoms with Gasteiger partial charge in [0, 0.05) is 35.1 Å². The third kappa shape index (κ3) is 3.27. The van der Waals surface area contributed by atoms with Crippen LogP contribution in [-0.4, -0.2) is 29.4 Å². The summed E-state index contributed by atoms with van der Waals surface area (Å²) in [6.07, 6.45) is 3.78. The first-order chi connectivity index (χ1) is 14.2. The Morgan fingerprint density at radius 3 is 2.62 bits per heavy atom. The van der Waals surface area contributed by atoms with Gasteiger partial charge in [-0.15, -0.1) is 15.3 Å². The van der Waals surface area contributed by atoms with Gasteiger partial charge < -0.3 is 9.88 Å². The predicted octanol–water partition coefficient (Wildman–Crippen LogP) is 4.52. The van der Waals surface area contributed by atoms with E-state index in [2.05, 4.69) is 56.3 Å². The van der Waals surface area contributed by atoms with Gasteiger partial charge in [-0.05, 0) is 55.1 Å².